The van der Waals surface area contributed by atoms with Crippen LogP contribution >= 0.6 is 0 Å². The number of nitriles is 1. The van der Waals surface area contributed by atoms with Gasteiger partial charge in [0.2, 0.25) is 5.91 Å². The van der Waals surface area contributed by atoms with Gasteiger partial charge in [0.05, 0.1) is 23.8 Å². The second kappa shape index (κ2) is 10.3. The van der Waals surface area contributed by atoms with E-state index in [2.05, 4.69) is 0 Å². The van der Waals surface area contributed by atoms with E-state index in [1.54, 1.807) is 12.1 Å². The van der Waals surface area contributed by atoms with Crippen molar-refractivity contribution in [1.82, 2.24) is 4.90 Å². The van der Waals surface area contributed by atoms with Gasteiger partial charge in [-0.3, -0.25) is 4.79 Å². The number of carbonyl (C=O) groups excluding carboxylic acids is 1. The predicted octanol–water partition coefficient (Wildman–Crippen LogP) is 4.90. The molecule has 2 aliphatic rings. The summed E-state index contributed by atoms with van der Waals surface area (Å²) in [6.45, 7) is 5.34. The molecule has 35 heavy (non-hydrogen) atoms. The topological polar surface area (TPSA) is 56.6 Å². The lowest BCUT2D eigenvalue weighted by molar-refractivity contribution is -0.137. The molecule has 0 N–H and O–H groups in total. The van der Waals surface area contributed by atoms with Gasteiger partial charge in [0, 0.05) is 56.2 Å². The van der Waals surface area contributed by atoms with Crippen molar-refractivity contribution in [3.8, 4) is 6.07 Å². The van der Waals surface area contributed by atoms with Crippen LogP contribution in [0.25, 0.3) is 0 Å². The zero-order chi connectivity index (χ0) is 25.1. The van der Waals surface area contributed by atoms with E-state index < -0.39 is 11.7 Å². The molecule has 5 nitrogen and oxygen atoms in total. The van der Waals surface area contributed by atoms with Gasteiger partial charge in [0.25, 0.3) is 0 Å². The number of rotatable bonds is 7. The highest BCUT2D eigenvalue weighted by Gasteiger charge is 2.50. The summed E-state index contributed by atoms with van der Waals surface area (Å²) in [6.07, 6.45) is -2.76. The van der Waals surface area contributed by atoms with Crippen molar-refractivity contribution < 1.29 is 22.7 Å². The number of fused-ring (bicyclic) bond motifs is 1. The number of amides is 1. The first-order chi connectivity index (χ1) is 16.8. The summed E-state index contributed by atoms with van der Waals surface area (Å²) in [5.74, 6) is 0.192. The zero-order valence-electron chi connectivity index (χ0n) is 19.9. The Labute approximate surface area is 204 Å². The second-order valence-electron chi connectivity index (χ2n) is 9.49. The third-order valence-electron chi connectivity index (χ3n) is 7.34. The Bertz CT molecular complexity index is 1080. The van der Waals surface area contributed by atoms with Crippen LogP contribution in [0.1, 0.15) is 36.5 Å². The van der Waals surface area contributed by atoms with Gasteiger partial charge in [-0.2, -0.15) is 18.4 Å². The summed E-state index contributed by atoms with van der Waals surface area (Å²) in [5, 5.41) is 9.11. The Balaban J connectivity index is 1.50. The third-order valence-corrected chi connectivity index (χ3v) is 7.34. The maximum absolute atomic E-state index is 13.5. The molecule has 2 atom stereocenters. The maximum atomic E-state index is 13.5. The Morgan fingerprint density at radius 1 is 1.20 bits per heavy atom. The van der Waals surface area contributed by atoms with E-state index in [4.69, 9.17) is 10.00 Å². The summed E-state index contributed by atoms with van der Waals surface area (Å²) in [4.78, 5) is 16.9. The summed E-state index contributed by atoms with van der Waals surface area (Å²) >= 11 is 0. The van der Waals surface area contributed by atoms with Crippen LogP contribution in [0.5, 0.6) is 0 Å². The van der Waals surface area contributed by atoms with E-state index in [0.717, 1.165) is 18.1 Å². The van der Waals surface area contributed by atoms with Crippen molar-refractivity contribution >= 4 is 11.6 Å². The Morgan fingerprint density at radius 3 is 2.66 bits per heavy atom. The molecule has 1 amide bonds. The van der Waals surface area contributed by atoms with Crippen LogP contribution in [0.3, 0.4) is 0 Å². The smallest absolute Gasteiger partial charge is 0.381 e. The molecule has 0 saturated carbocycles. The summed E-state index contributed by atoms with van der Waals surface area (Å²) in [6, 6.07) is 15.4. The summed E-state index contributed by atoms with van der Waals surface area (Å²) in [7, 11) is 0. The number of alkyl halides is 3. The van der Waals surface area contributed by atoms with Crippen molar-refractivity contribution in [3.05, 3.63) is 65.2 Å². The normalized spacial score (nSPS) is 22.1. The molecule has 4 rings (SSSR count). The first-order valence-corrected chi connectivity index (χ1v) is 12.0. The van der Waals surface area contributed by atoms with Crippen LogP contribution in [-0.2, 0) is 22.1 Å². The first-order valence-electron chi connectivity index (χ1n) is 12.0. The fourth-order valence-electron chi connectivity index (χ4n) is 5.36. The number of carbonyl (C=O) groups is 1. The molecule has 186 valence electrons. The largest absolute Gasteiger partial charge is 0.417 e. The molecule has 0 aromatic heterocycles. The molecule has 0 bridgehead atoms. The highest BCUT2D eigenvalue weighted by Crippen LogP contribution is 2.45. The van der Waals surface area contributed by atoms with Gasteiger partial charge in [0.1, 0.15) is 0 Å². The van der Waals surface area contributed by atoms with Crippen LogP contribution in [-0.4, -0.2) is 50.2 Å². The number of hydrogen-bond donors (Lipinski definition) is 0. The number of benzene rings is 2. The number of halogens is 3. The zero-order valence-corrected chi connectivity index (χ0v) is 19.9. The molecule has 2 aromatic rings. The van der Waals surface area contributed by atoms with Crippen molar-refractivity contribution in [3.63, 3.8) is 0 Å². The molecule has 0 spiro atoms. The number of piperidine rings is 1. The molecule has 2 aliphatic heterocycles. The SMILES string of the molecule is CCOCC12CCN(c3ccc(C#N)c(C(F)(F)F)c3)CC1CN(C(=O)CCc1ccccc1)C2. The van der Waals surface area contributed by atoms with Gasteiger partial charge in [-0.25, -0.2) is 0 Å². The number of hydrogen-bond acceptors (Lipinski definition) is 4. The summed E-state index contributed by atoms with van der Waals surface area (Å²) in [5.41, 5.74) is 0.0888. The van der Waals surface area contributed by atoms with Gasteiger partial charge >= 0.3 is 6.18 Å². The fraction of sp³-hybridized carbons (Fsp3) is 0.481. The third kappa shape index (κ3) is 5.46. The summed E-state index contributed by atoms with van der Waals surface area (Å²) < 4.78 is 46.3. The molecule has 2 heterocycles. The molecule has 8 heteroatoms. The van der Waals surface area contributed by atoms with E-state index in [1.165, 1.54) is 6.07 Å². The van der Waals surface area contributed by atoms with Gasteiger partial charge in [0.15, 0.2) is 0 Å². The molecule has 0 radical (unpaired) electrons. The second-order valence-corrected chi connectivity index (χ2v) is 9.49. The van der Waals surface area contributed by atoms with Crippen LogP contribution in [0.15, 0.2) is 48.5 Å². The lowest BCUT2D eigenvalue weighted by Gasteiger charge is -2.44. The van der Waals surface area contributed by atoms with E-state index in [1.807, 2.05) is 47.1 Å². The predicted molar refractivity (Wildman–Crippen MR) is 127 cm³/mol. The minimum Gasteiger partial charge on any atom is -0.381 e. The molecular weight excluding hydrogens is 455 g/mol. The standard InChI is InChI=1S/C27H30F3N3O2/c1-2-35-19-26-12-13-32(23-10-9-21(15-31)24(14-23)27(28,29)30)16-22(26)17-33(18-26)25(34)11-8-20-6-4-3-5-7-20/h3-7,9-10,14,22H,2,8,11-13,16-19H2,1H3. The Kier molecular flexibility index (Phi) is 7.36. The van der Waals surface area contributed by atoms with Crippen molar-refractivity contribution in [2.75, 3.05) is 44.3 Å². The van der Waals surface area contributed by atoms with Gasteiger partial charge in [-0.05, 0) is 43.5 Å². The van der Waals surface area contributed by atoms with E-state index in [-0.39, 0.29) is 22.8 Å². The van der Waals surface area contributed by atoms with Crippen molar-refractivity contribution in [2.24, 2.45) is 11.3 Å². The van der Waals surface area contributed by atoms with Gasteiger partial charge in [-0.1, -0.05) is 30.3 Å². The molecular formula is C27H30F3N3O2. The minimum atomic E-state index is -4.59. The van der Waals surface area contributed by atoms with Crippen molar-refractivity contribution in [1.29, 1.82) is 5.26 Å². The lowest BCUT2D eigenvalue weighted by Crippen LogP contribution is -2.49. The van der Waals surface area contributed by atoms with Crippen LogP contribution in [0.2, 0.25) is 0 Å². The highest BCUT2D eigenvalue weighted by molar-refractivity contribution is 5.77. The van der Waals surface area contributed by atoms with E-state index >= 15 is 0 Å². The first kappa shape index (κ1) is 25.1. The molecule has 0 aliphatic carbocycles. The van der Waals surface area contributed by atoms with Gasteiger partial charge < -0.3 is 14.5 Å². The Hall–Kier alpha value is -3.05. The van der Waals surface area contributed by atoms with E-state index in [0.29, 0.717) is 57.9 Å². The molecule has 2 aromatic carbocycles. The molecule has 2 fully saturated rings. The number of aryl methyl sites for hydroxylation is 1. The quantitative estimate of drug-likeness (QED) is 0.560. The Morgan fingerprint density at radius 2 is 1.97 bits per heavy atom. The van der Waals surface area contributed by atoms with Crippen molar-refractivity contribution in [2.45, 2.75) is 32.4 Å². The fourth-order valence-corrected chi connectivity index (χ4v) is 5.36. The van der Waals surface area contributed by atoms with Crippen LogP contribution in [0.4, 0.5) is 18.9 Å². The number of likely N-dealkylation sites (tertiary alicyclic amines) is 1. The highest BCUT2D eigenvalue weighted by atomic mass is 19.4. The van der Waals surface area contributed by atoms with Crippen LogP contribution in [0, 0.1) is 22.7 Å². The molecule has 2 unspecified atom stereocenters. The number of ether oxygens (including phenoxy) is 1. The average molecular weight is 486 g/mol. The monoisotopic (exact) mass is 485 g/mol. The minimum absolute atomic E-state index is 0.0912. The number of nitrogens with zero attached hydrogens (tertiary/aromatic N) is 3. The lowest BCUT2D eigenvalue weighted by atomic mass is 9.73. The van der Waals surface area contributed by atoms with E-state index in [9.17, 15) is 18.0 Å². The number of anilines is 1. The van der Waals surface area contributed by atoms with Gasteiger partial charge in [-0.15, -0.1) is 0 Å². The van der Waals surface area contributed by atoms with Crippen LogP contribution < -0.4 is 4.90 Å². The maximum Gasteiger partial charge on any atom is 0.417 e. The average Bonchev–Trinajstić information content (AvgIpc) is 3.25. The molecule has 2 saturated heterocycles.